The van der Waals surface area contributed by atoms with E-state index in [-0.39, 0.29) is 6.04 Å². The van der Waals surface area contributed by atoms with Gasteiger partial charge in [0.05, 0.1) is 21.7 Å². The summed E-state index contributed by atoms with van der Waals surface area (Å²) in [5.74, 6) is 0.876. The lowest BCUT2D eigenvalue weighted by Crippen LogP contribution is -2.24. The second-order valence-electron chi connectivity index (χ2n) is 9.38. The maximum atomic E-state index is 13.9. The van der Waals surface area contributed by atoms with Crippen molar-refractivity contribution in [1.29, 1.82) is 0 Å². The number of pyridine rings is 1. The molecular weight excluding hydrogens is 454 g/mol. The highest BCUT2D eigenvalue weighted by atomic mass is 32.1. The van der Waals surface area contributed by atoms with Gasteiger partial charge in [-0.3, -0.25) is 4.98 Å². The first-order valence-electron chi connectivity index (χ1n) is 11.8. The van der Waals surface area contributed by atoms with Crippen LogP contribution in [0.5, 0.6) is 0 Å². The lowest BCUT2D eigenvalue weighted by Gasteiger charge is -2.20. The molecule has 2 unspecified atom stereocenters. The highest BCUT2D eigenvalue weighted by molar-refractivity contribution is 7.21. The summed E-state index contributed by atoms with van der Waals surface area (Å²) in [5, 5.41) is 7.45. The molecule has 2 atom stereocenters. The Balaban J connectivity index is 1.51. The number of halogens is 2. The standard InChI is InChI=1S/C25H28F2N6S/c1-4-5-11-29-24-30-14(2)19(22(33-24)31-17-9-8-16(13-17)25(3,26)27)23-32-21-18(34-23)10-12-28-20(21)15-6-7-15/h1,10,12,15-17H,5-9,11,13H2,2-3H3,(H2,29,30,31,33). The van der Waals surface area contributed by atoms with Crippen molar-refractivity contribution in [2.75, 3.05) is 17.2 Å². The molecule has 0 amide bonds. The molecule has 34 heavy (non-hydrogen) atoms. The number of hydrogen-bond donors (Lipinski definition) is 2. The Kier molecular flexibility index (Phi) is 6.11. The first-order chi connectivity index (χ1) is 16.3. The molecule has 0 aromatic carbocycles. The molecule has 0 radical (unpaired) electrons. The average molecular weight is 483 g/mol. The van der Waals surface area contributed by atoms with Gasteiger partial charge in [0, 0.05) is 37.0 Å². The Bertz CT molecular complexity index is 1240. The molecular formula is C25H28F2N6S. The lowest BCUT2D eigenvalue weighted by atomic mass is 10.0. The summed E-state index contributed by atoms with van der Waals surface area (Å²) in [6.45, 7) is 3.50. The lowest BCUT2D eigenvalue weighted by molar-refractivity contribution is -0.0369. The van der Waals surface area contributed by atoms with Gasteiger partial charge in [-0.05, 0) is 52.0 Å². The fourth-order valence-corrected chi connectivity index (χ4v) is 5.73. The highest BCUT2D eigenvalue weighted by Gasteiger charge is 2.40. The van der Waals surface area contributed by atoms with Gasteiger partial charge in [-0.25, -0.2) is 18.7 Å². The Hall–Kier alpha value is -2.86. The van der Waals surface area contributed by atoms with Gasteiger partial charge in [0.25, 0.3) is 0 Å². The van der Waals surface area contributed by atoms with E-state index >= 15 is 0 Å². The fraction of sp³-hybridized carbons (Fsp3) is 0.520. The summed E-state index contributed by atoms with van der Waals surface area (Å²) in [6, 6.07) is 1.91. The Morgan fingerprint density at radius 2 is 2.03 bits per heavy atom. The van der Waals surface area contributed by atoms with Crippen molar-refractivity contribution in [3.05, 3.63) is 23.7 Å². The molecule has 2 aliphatic rings. The molecule has 3 aromatic rings. The minimum absolute atomic E-state index is 0.0829. The molecule has 2 aliphatic carbocycles. The molecule has 2 N–H and O–H groups in total. The molecule has 2 fully saturated rings. The van der Waals surface area contributed by atoms with Gasteiger partial charge >= 0.3 is 0 Å². The van der Waals surface area contributed by atoms with E-state index in [1.165, 1.54) is 0 Å². The second-order valence-corrected chi connectivity index (χ2v) is 10.4. The number of alkyl halides is 2. The van der Waals surface area contributed by atoms with Crippen LogP contribution in [-0.4, -0.2) is 38.4 Å². The van der Waals surface area contributed by atoms with Crippen LogP contribution in [-0.2, 0) is 0 Å². The monoisotopic (exact) mass is 482 g/mol. The van der Waals surface area contributed by atoms with E-state index in [1.54, 1.807) is 11.3 Å². The van der Waals surface area contributed by atoms with Crippen LogP contribution in [0.4, 0.5) is 20.5 Å². The summed E-state index contributed by atoms with van der Waals surface area (Å²) in [6.07, 6.45) is 11.6. The molecule has 6 nitrogen and oxygen atoms in total. The summed E-state index contributed by atoms with van der Waals surface area (Å²) in [7, 11) is 0. The van der Waals surface area contributed by atoms with Crippen molar-refractivity contribution in [2.45, 2.75) is 70.3 Å². The SMILES string of the molecule is C#CCCNc1nc(C)c(-c2nc3c(C4CC4)nccc3s2)c(NC2CCC(C(C)(F)F)C2)n1. The van der Waals surface area contributed by atoms with Crippen LogP contribution in [0.3, 0.4) is 0 Å². The maximum Gasteiger partial charge on any atom is 0.248 e. The molecule has 0 aliphatic heterocycles. The van der Waals surface area contributed by atoms with Crippen molar-refractivity contribution in [2.24, 2.45) is 5.92 Å². The van der Waals surface area contributed by atoms with Gasteiger partial charge in [-0.1, -0.05) is 0 Å². The highest BCUT2D eigenvalue weighted by Crippen LogP contribution is 2.45. The smallest absolute Gasteiger partial charge is 0.248 e. The van der Waals surface area contributed by atoms with Crippen LogP contribution in [0.15, 0.2) is 12.3 Å². The van der Waals surface area contributed by atoms with Crippen molar-refractivity contribution >= 4 is 33.3 Å². The van der Waals surface area contributed by atoms with E-state index in [1.807, 2.05) is 19.2 Å². The van der Waals surface area contributed by atoms with Crippen LogP contribution < -0.4 is 10.6 Å². The number of thiazole rings is 1. The summed E-state index contributed by atoms with van der Waals surface area (Å²) in [4.78, 5) is 18.9. The van der Waals surface area contributed by atoms with E-state index in [2.05, 4.69) is 26.5 Å². The predicted octanol–water partition coefficient (Wildman–Crippen LogP) is 6.01. The van der Waals surface area contributed by atoms with E-state index < -0.39 is 11.8 Å². The summed E-state index contributed by atoms with van der Waals surface area (Å²) < 4.78 is 28.9. The topological polar surface area (TPSA) is 75.6 Å². The Morgan fingerprint density at radius 1 is 1.21 bits per heavy atom. The maximum absolute atomic E-state index is 13.9. The quantitative estimate of drug-likeness (QED) is 0.303. The average Bonchev–Trinajstić information content (AvgIpc) is 3.35. The molecule has 3 heterocycles. The van der Waals surface area contributed by atoms with Crippen LogP contribution in [0.25, 0.3) is 20.8 Å². The number of hydrogen-bond acceptors (Lipinski definition) is 7. The number of terminal acetylenes is 1. The second kappa shape index (κ2) is 9.06. The van der Waals surface area contributed by atoms with Crippen LogP contribution in [0, 0.1) is 25.2 Å². The molecule has 5 rings (SSSR count). The number of nitrogens with one attached hydrogen (secondary N) is 2. The zero-order valence-corrected chi connectivity index (χ0v) is 20.2. The van der Waals surface area contributed by atoms with Gasteiger partial charge in [-0.15, -0.1) is 23.7 Å². The van der Waals surface area contributed by atoms with Gasteiger partial charge in [0.1, 0.15) is 16.3 Å². The number of fused-ring (bicyclic) bond motifs is 1. The van der Waals surface area contributed by atoms with Crippen molar-refractivity contribution in [3.63, 3.8) is 0 Å². The number of anilines is 2. The van der Waals surface area contributed by atoms with E-state index in [0.29, 0.717) is 49.9 Å². The van der Waals surface area contributed by atoms with Gasteiger partial charge in [-0.2, -0.15) is 4.98 Å². The third-order valence-electron chi connectivity index (χ3n) is 6.65. The van der Waals surface area contributed by atoms with Crippen LogP contribution >= 0.6 is 11.3 Å². The first kappa shape index (κ1) is 22.9. The Labute approximate surface area is 202 Å². The zero-order valence-electron chi connectivity index (χ0n) is 19.4. The number of aryl methyl sites for hydroxylation is 1. The van der Waals surface area contributed by atoms with E-state index in [0.717, 1.165) is 51.9 Å². The van der Waals surface area contributed by atoms with Crippen molar-refractivity contribution in [1.82, 2.24) is 19.9 Å². The predicted molar refractivity (Wildman–Crippen MR) is 132 cm³/mol. The molecule has 178 valence electrons. The minimum atomic E-state index is -2.68. The molecule has 9 heteroatoms. The zero-order chi connectivity index (χ0) is 23.9. The largest absolute Gasteiger partial charge is 0.367 e. The van der Waals surface area contributed by atoms with Gasteiger partial charge in [0.15, 0.2) is 0 Å². The van der Waals surface area contributed by atoms with Gasteiger partial charge < -0.3 is 10.6 Å². The normalized spacial score (nSPS) is 20.4. The summed E-state index contributed by atoms with van der Waals surface area (Å²) >= 11 is 1.59. The molecule has 0 bridgehead atoms. The molecule has 3 aromatic heterocycles. The van der Waals surface area contributed by atoms with E-state index in [4.69, 9.17) is 16.4 Å². The number of nitrogens with zero attached hydrogens (tertiary/aromatic N) is 4. The Morgan fingerprint density at radius 3 is 2.74 bits per heavy atom. The summed E-state index contributed by atoms with van der Waals surface area (Å²) in [5.41, 5.74) is 3.59. The van der Waals surface area contributed by atoms with Crippen molar-refractivity contribution in [3.8, 4) is 22.9 Å². The van der Waals surface area contributed by atoms with Crippen LogP contribution in [0.1, 0.15) is 62.8 Å². The molecule has 0 saturated heterocycles. The number of aromatic nitrogens is 4. The molecule has 2 saturated carbocycles. The van der Waals surface area contributed by atoms with Gasteiger partial charge in [0.2, 0.25) is 11.9 Å². The first-order valence-corrected chi connectivity index (χ1v) is 12.6. The van der Waals surface area contributed by atoms with Crippen LogP contribution in [0.2, 0.25) is 0 Å². The third kappa shape index (κ3) is 4.69. The third-order valence-corrected chi connectivity index (χ3v) is 7.68. The molecule has 0 spiro atoms. The van der Waals surface area contributed by atoms with Crippen molar-refractivity contribution < 1.29 is 8.78 Å². The fourth-order valence-electron chi connectivity index (χ4n) is 4.66. The number of rotatable bonds is 8. The minimum Gasteiger partial charge on any atom is -0.367 e. The van der Waals surface area contributed by atoms with E-state index in [9.17, 15) is 8.78 Å².